The second kappa shape index (κ2) is 48.3. The number of hydrogen-bond acceptors (Lipinski definition) is 12. The molecule has 0 saturated heterocycles. The highest BCUT2D eigenvalue weighted by molar-refractivity contribution is 7.94. The molecule has 0 aliphatic rings. The minimum absolute atomic E-state index is 0. The first kappa shape index (κ1) is 104. The van der Waals surface area contributed by atoms with Crippen LogP contribution in [0.4, 0.5) is 13.2 Å². The number of amides is 3. The van der Waals surface area contributed by atoms with Gasteiger partial charge in [0.2, 0.25) is 17.7 Å². The topological polar surface area (TPSA) is 225 Å². The van der Waals surface area contributed by atoms with Gasteiger partial charge in [0.25, 0.3) is 0 Å². The normalized spacial score (nSPS) is 12.3. The Morgan fingerprint density at radius 1 is 0.584 bits per heavy atom. The zero-order chi connectivity index (χ0) is 74.0. The number of nitrogens with two attached hydrogens (primary N) is 1. The molecule has 0 aliphatic carbocycles. The summed E-state index contributed by atoms with van der Waals surface area (Å²) in [4.78, 5) is 59.8. The zero-order valence-corrected chi connectivity index (χ0v) is 65.2. The Hall–Kier alpha value is -3.49. The van der Waals surface area contributed by atoms with Gasteiger partial charge in [-0.15, -0.1) is 0 Å². The first-order chi connectivity index (χ1) is 38.7. The highest BCUT2D eigenvalue weighted by Crippen LogP contribution is 2.36. The standard InChI is InChI=1S/C12H17NO.C9H19NO.C8H17NO.C8H18O2S.C8H18O.C7H14O2.C5H9F3.C5H10O2.C4H11N.C4H10O/c1-12(2,3)11(14)13-9-10-7-5-4-6-8-10;1-6-7(2)10-8(11)9(3,4)5;1-6(2)7(10)9-8(3,4)5;1-7(2)6-11-10-9-8(3,4)5;1-7(2)6-9-8(3,4)5;1-5-9-6(8)7(2,3)4;1-4(2,3)5(6,7)8;1-5(2,3)4(6)7;2*1-4(2,3)5/h4-8H,9H2,1-3H3,(H,13,14);7H,6H2,1-5H3,(H,10,11);6H,1-5H3,(H,9,10);7H,6H2,1-5H3;7H,6H2,1-5H3;5H2,1-4H3;1-3H3;1-3H3,(H,6,7);5H2,1-3H3;5H,1-3H3. The first-order valence-electron chi connectivity index (χ1n) is 31.3. The van der Waals surface area contributed by atoms with Crippen LogP contribution in [0, 0.1) is 44.8 Å². The van der Waals surface area contributed by atoms with Gasteiger partial charge >= 0.3 is 18.1 Å². The predicted molar refractivity (Wildman–Crippen MR) is 372 cm³/mol. The van der Waals surface area contributed by atoms with Gasteiger partial charge in [0, 0.05) is 64.8 Å². The number of aliphatic hydroxyl groups is 1. The first-order valence-corrected chi connectivity index (χ1v) is 32.2. The molecule has 0 aliphatic heterocycles. The van der Waals surface area contributed by atoms with E-state index in [1.807, 2.05) is 183 Å². The maximum absolute atomic E-state index is 11.6. The minimum atomic E-state index is -4.06. The Labute approximate surface area is 549 Å². The van der Waals surface area contributed by atoms with Crippen molar-refractivity contribution < 1.29 is 66.1 Å². The number of carbonyl (C=O) groups is 5. The molecule has 1 unspecified atom stereocenters. The van der Waals surface area contributed by atoms with Crippen LogP contribution in [0.15, 0.2) is 30.3 Å². The molecule has 15 nitrogen and oxygen atoms in total. The lowest BCUT2D eigenvalue weighted by Crippen LogP contribution is -2.42. The van der Waals surface area contributed by atoms with E-state index in [1.54, 1.807) is 41.5 Å². The van der Waals surface area contributed by atoms with Crippen molar-refractivity contribution in [2.45, 2.75) is 323 Å². The van der Waals surface area contributed by atoms with Crippen molar-refractivity contribution in [3.63, 3.8) is 0 Å². The van der Waals surface area contributed by atoms with Gasteiger partial charge in [-0.3, -0.25) is 24.0 Å². The van der Waals surface area contributed by atoms with Crippen LogP contribution < -0.4 is 21.7 Å². The van der Waals surface area contributed by atoms with E-state index < -0.39 is 28.6 Å². The second-order valence-electron chi connectivity index (χ2n) is 32.9. The van der Waals surface area contributed by atoms with Gasteiger partial charge in [0.1, 0.15) is 0 Å². The monoisotopic (exact) mass is 1310 g/mol. The number of esters is 1. The van der Waals surface area contributed by atoms with E-state index in [-0.39, 0.29) is 68.1 Å². The molecule has 0 fully saturated rings. The number of aliphatic carboxylic acids is 1. The van der Waals surface area contributed by atoms with Gasteiger partial charge in [-0.1, -0.05) is 141 Å². The van der Waals surface area contributed by atoms with Gasteiger partial charge in [-0.05, 0) is 183 Å². The highest BCUT2D eigenvalue weighted by atomic mass is 32.2. The Balaban J connectivity index is -0.000000116. The van der Waals surface area contributed by atoms with E-state index in [2.05, 4.69) is 71.3 Å². The molecule has 19 heteroatoms. The van der Waals surface area contributed by atoms with Crippen LogP contribution in [-0.4, -0.2) is 98.9 Å². The maximum atomic E-state index is 11.6. The molecule has 0 radical (unpaired) electrons. The SMILES string of the molecule is CC(C)(C)C(=O)NCc1ccccc1.CC(C)(C)C(=O)O.CC(C)(C)C(F)(F)F.CC(C)(C)N.CC(C)(C)O.CC(C)C(=O)NC(C)(C)C.CC(C)COC(C)(C)C.CC(C)CSOOC(C)(C)C.CCC(C)NC(=O)C(C)(C)C.CCOC(=O)C(C)(C)C. The van der Waals surface area contributed by atoms with Gasteiger partial charge in [-0.2, -0.15) is 17.5 Å². The molecule has 3 amide bonds. The average molecular weight is 1310 g/mol. The minimum Gasteiger partial charge on any atom is -0.481 e. The summed E-state index contributed by atoms with van der Waals surface area (Å²) < 4.78 is 49.9. The van der Waals surface area contributed by atoms with E-state index in [1.165, 1.54) is 12.0 Å². The van der Waals surface area contributed by atoms with E-state index >= 15 is 0 Å². The summed E-state index contributed by atoms with van der Waals surface area (Å²) in [6.07, 6.45) is -3.07. The number of rotatable bonds is 12. The summed E-state index contributed by atoms with van der Waals surface area (Å²) in [7, 11) is 0. The van der Waals surface area contributed by atoms with Crippen LogP contribution in [0.2, 0.25) is 0 Å². The van der Waals surface area contributed by atoms with E-state index in [0.29, 0.717) is 31.0 Å². The summed E-state index contributed by atoms with van der Waals surface area (Å²) in [5, 5.41) is 25.5. The van der Waals surface area contributed by atoms with Gasteiger partial charge in [0.05, 0.1) is 39.7 Å². The Morgan fingerprint density at radius 2 is 0.944 bits per heavy atom. The lowest BCUT2D eigenvalue weighted by Gasteiger charge is -2.21. The molecule has 7 N–H and O–H groups in total. The lowest BCUT2D eigenvalue weighted by molar-refractivity contribution is -0.262. The molecule has 89 heavy (non-hydrogen) atoms. The Morgan fingerprint density at radius 3 is 1.13 bits per heavy atom. The summed E-state index contributed by atoms with van der Waals surface area (Å²) >= 11 is 1.37. The van der Waals surface area contributed by atoms with Crippen LogP contribution in [-0.2, 0) is 49.2 Å². The van der Waals surface area contributed by atoms with Gasteiger partial charge in [0.15, 0.2) is 0 Å². The van der Waals surface area contributed by atoms with E-state index in [9.17, 15) is 37.1 Å². The molecule has 0 aromatic heterocycles. The van der Waals surface area contributed by atoms with Crippen molar-refractivity contribution in [1.82, 2.24) is 16.0 Å². The fourth-order valence-electron chi connectivity index (χ4n) is 3.15. The van der Waals surface area contributed by atoms with Crippen LogP contribution >= 0.6 is 12.0 Å². The van der Waals surface area contributed by atoms with E-state index in [4.69, 9.17) is 34.6 Å². The van der Waals surface area contributed by atoms with Crippen molar-refractivity contribution >= 4 is 41.7 Å². The number of ether oxygens (including phenoxy) is 2. The molecule has 0 saturated carbocycles. The zero-order valence-electron chi connectivity index (χ0n) is 64.4. The molecule has 0 bridgehead atoms. The Bertz CT molecular complexity index is 1890. The van der Waals surface area contributed by atoms with Crippen molar-refractivity contribution in [3.8, 4) is 0 Å². The molecule has 1 atom stereocenters. The largest absolute Gasteiger partial charge is 0.481 e. The third-order valence-electron chi connectivity index (χ3n) is 8.63. The summed E-state index contributed by atoms with van der Waals surface area (Å²) in [6.45, 7) is 74.8. The maximum Gasteiger partial charge on any atom is 0.393 e. The Kier molecular flexibility index (Phi) is 56.6. The molecular formula is C70H143F3N4O11S. The number of nitrogens with one attached hydrogen (secondary N) is 3. The lowest BCUT2D eigenvalue weighted by atomic mass is 9.95. The average Bonchev–Trinajstić information content (AvgIpc) is 3.26. The fourth-order valence-corrected chi connectivity index (χ4v) is 3.73. The molecule has 0 spiro atoms. The van der Waals surface area contributed by atoms with Gasteiger partial charge in [-0.25, -0.2) is 4.89 Å². The molecular weight excluding hydrogens is 1160 g/mol. The third-order valence-corrected chi connectivity index (χ3v) is 9.60. The number of alkyl halides is 3. The molecule has 1 aromatic carbocycles. The second-order valence-corrected chi connectivity index (χ2v) is 33.6. The molecule has 0 heterocycles. The van der Waals surface area contributed by atoms with Crippen molar-refractivity contribution in [2.24, 2.45) is 50.6 Å². The number of hydrogen-bond donors (Lipinski definition) is 6. The van der Waals surface area contributed by atoms with Gasteiger partial charge < -0.3 is 41.4 Å². The van der Waals surface area contributed by atoms with Crippen LogP contribution in [0.1, 0.15) is 282 Å². The number of benzene rings is 1. The quantitative estimate of drug-likeness (QED) is 0.0377. The van der Waals surface area contributed by atoms with E-state index in [0.717, 1.165) is 45.1 Å². The van der Waals surface area contributed by atoms with Crippen LogP contribution in [0.25, 0.3) is 0 Å². The number of carbonyl (C=O) groups excluding carboxylic acids is 4. The highest BCUT2D eigenvalue weighted by Gasteiger charge is 2.43. The third kappa shape index (κ3) is 104. The number of carboxylic acid groups (broad SMARTS) is 1. The number of halogens is 3. The summed E-state index contributed by atoms with van der Waals surface area (Å²) in [5.41, 5.74) is 2.65. The summed E-state index contributed by atoms with van der Waals surface area (Å²) in [5.74, 6) is 1.78. The predicted octanol–water partition coefficient (Wildman–Crippen LogP) is 18.2. The van der Waals surface area contributed by atoms with Crippen molar-refractivity contribution in [3.05, 3.63) is 35.9 Å². The van der Waals surface area contributed by atoms with Crippen molar-refractivity contribution in [1.29, 1.82) is 0 Å². The molecule has 1 rings (SSSR count). The van der Waals surface area contributed by atoms with Crippen LogP contribution in [0.3, 0.4) is 0 Å². The van der Waals surface area contributed by atoms with Crippen molar-refractivity contribution in [2.75, 3.05) is 19.0 Å². The molecule has 1 aromatic rings. The van der Waals surface area contributed by atoms with Crippen LogP contribution in [0.5, 0.6) is 0 Å². The smallest absolute Gasteiger partial charge is 0.393 e. The fraction of sp³-hybridized carbons (Fsp3) is 0.843. The number of carboxylic acids is 1. The molecule has 536 valence electrons. The summed E-state index contributed by atoms with van der Waals surface area (Å²) in [6, 6.07) is 10.2.